The second-order valence-corrected chi connectivity index (χ2v) is 12.3. The zero-order valence-corrected chi connectivity index (χ0v) is 22.2. The Hall–Kier alpha value is -4.24. The minimum absolute atomic E-state index is 0.185. The number of benzene rings is 4. The molecular formula is C32H26ClN3OP+. The van der Waals surface area contributed by atoms with Crippen LogP contribution in [0.4, 0.5) is 5.82 Å². The van der Waals surface area contributed by atoms with Crippen molar-refractivity contribution in [3.63, 3.8) is 0 Å². The van der Waals surface area contributed by atoms with Crippen LogP contribution in [0.15, 0.2) is 151 Å². The number of hydrogen-bond acceptors (Lipinski definition) is 3. The number of nitrogens with zero attached hydrogens (tertiary/aromatic N) is 1. The Bertz CT molecular complexity index is 1410. The SMILES string of the molecule is O=C(N/C(=C/Nc1ccc(Cl)cn1)[P+](c1ccccc1)(c1ccccc1)c1ccccc1)c1ccccc1. The molecule has 0 bridgehead atoms. The van der Waals surface area contributed by atoms with Gasteiger partial charge in [-0.05, 0) is 60.7 Å². The quantitative estimate of drug-likeness (QED) is 0.227. The fourth-order valence-electron chi connectivity index (χ4n) is 4.42. The van der Waals surface area contributed by atoms with Gasteiger partial charge in [0.2, 0.25) is 0 Å². The summed E-state index contributed by atoms with van der Waals surface area (Å²) < 4.78 is 0. The van der Waals surface area contributed by atoms with Gasteiger partial charge in [0, 0.05) is 11.8 Å². The maximum atomic E-state index is 13.7. The maximum Gasteiger partial charge on any atom is 0.258 e. The normalized spacial score (nSPS) is 11.6. The Labute approximate surface area is 228 Å². The first kappa shape index (κ1) is 25.4. The third-order valence-electron chi connectivity index (χ3n) is 6.15. The van der Waals surface area contributed by atoms with E-state index < -0.39 is 7.26 Å². The number of halogens is 1. The van der Waals surface area contributed by atoms with E-state index in [1.54, 1.807) is 12.3 Å². The van der Waals surface area contributed by atoms with E-state index in [1.165, 1.54) is 0 Å². The molecule has 2 N–H and O–H groups in total. The smallest absolute Gasteiger partial charge is 0.258 e. The van der Waals surface area contributed by atoms with Gasteiger partial charge in [-0.15, -0.1) is 0 Å². The van der Waals surface area contributed by atoms with Gasteiger partial charge in [-0.2, -0.15) is 0 Å². The molecule has 38 heavy (non-hydrogen) atoms. The highest BCUT2D eigenvalue weighted by molar-refractivity contribution is 7.99. The predicted octanol–water partition coefficient (Wildman–Crippen LogP) is 6.37. The fourth-order valence-corrected chi connectivity index (χ4v) is 8.64. The molecule has 0 radical (unpaired) electrons. The largest absolute Gasteiger partial charge is 0.342 e. The van der Waals surface area contributed by atoms with Crippen molar-refractivity contribution < 1.29 is 4.79 Å². The van der Waals surface area contributed by atoms with E-state index >= 15 is 0 Å². The third kappa shape index (κ3) is 5.38. The molecule has 0 atom stereocenters. The summed E-state index contributed by atoms with van der Waals surface area (Å²) in [7, 11) is -2.57. The van der Waals surface area contributed by atoms with Crippen LogP contribution in [0.2, 0.25) is 5.02 Å². The van der Waals surface area contributed by atoms with Crippen LogP contribution < -0.4 is 26.5 Å². The number of anilines is 1. The molecule has 1 heterocycles. The van der Waals surface area contributed by atoms with Gasteiger partial charge in [0.05, 0.1) is 11.2 Å². The van der Waals surface area contributed by atoms with Crippen molar-refractivity contribution in [3.8, 4) is 0 Å². The third-order valence-corrected chi connectivity index (χ3v) is 10.6. The van der Waals surface area contributed by atoms with E-state index in [-0.39, 0.29) is 5.91 Å². The molecule has 0 saturated carbocycles. The second kappa shape index (κ2) is 11.9. The molecule has 0 spiro atoms. The molecule has 0 aliphatic carbocycles. The molecule has 5 aromatic rings. The van der Waals surface area contributed by atoms with Crippen molar-refractivity contribution in [3.05, 3.63) is 162 Å². The van der Waals surface area contributed by atoms with Crippen molar-refractivity contribution in [2.75, 3.05) is 5.32 Å². The number of aromatic nitrogens is 1. The minimum atomic E-state index is -2.57. The second-order valence-electron chi connectivity index (χ2n) is 8.53. The number of rotatable bonds is 8. The number of amides is 1. The lowest BCUT2D eigenvalue weighted by Gasteiger charge is -2.29. The number of nitrogens with one attached hydrogen (secondary N) is 2. The van der Waals surface area contributed by atoms with Crippen LogP contribution in [0.5, 0.6) is 0 Å². The minimum Gasteiger partial charge on any atom is -0.342 e. The van der Waals surface area contributed by atoms with E-state index in [4.69, 9.17) is 11.6 Å². The molecule has 6 heteroatoms. The van der Waals surface area contributed by atoms with Gasteiger partial charge in [-0.3, -0.25) is 10.1 Å². The summed E-state index contributed by atoms with van der Waals surface area (Å²) in [4.78, 5) is 18.1. The zero-order valence-electron chi connectivity index (χ0n) is 20.5. The van der Waals surface area contributed by atoms with E-state index in [0.717, 1.165) is 21.4 Å². The first-order valence-electron chi connectivity index (χ1n) is 12.2. The van der Waals surface area contributed by atoms with Gasteiger partial charge in [0.1, 0.15) is 21.7 Å². The molecule has 5 rings (SSSR count). The summed E-state index contributed by atoms with van der Waals surface area (Å²) in [5.41, 5.74) is 1.34. The Morgan fingerprint density at radius 1 is 0.658 bits per heavy atom. The zero-order chi connectivity index (χ0) is 26.2. The molecule has 1 aromatic heterocycles. The van der Waals surface area contributed by atoms with Crippen LogP contribution in [0.25, 0.3) is 0 Å². The molecular weight excluding hydrogens is 509 g/mol. The topological polar surface area (TPSA) is 54.0 Å². The Kier molecular flexibility index (Phi) is 7.94. The lowest BCUT2D eigenvalue weighted by atomic mass is 10.2. The molecule has 1 amide bonds. The lowest BCUT2D eigenvalue weighted by Crippen LogP contribution is -2.38. The van der Waals surface area contributed by atoms with Crippen LogP contribution >= 0.6 is 18.9 Å². The highest BCUT2D eigenvalue weighted by Crippen LogP contribution is 2.61. The summed E-state index contributed by atoms with van der Waals surface area (Å²) in [6.07, 6.45) is 3.46. The molecule has 0 saturated heterocycles. The average Bonchev–Trinajstić information content (AvgIpc) is 2.99. The molecule has 0 unspecified atom stereocenters. The molecule has 186 valence electrons. The summed E-state index contributed by atoms with van der Waals surface area (Å²) in [6.45, 7) is 0. The number of carbonyl (C=O) groups is 1. The van der Waals surface area contributed by atoms with Crippen molar-refractivity contribution in [1.29, 1.82) is 0 Å². The van der Waals surface area contributed by atoms with Gasteiger partial charge >= 0.3 is 0 Å². The summed E-state index contributed by atoms with van der Waals surface area (Å²) >= 11 is 6.07. The van der Waals surface area contributed by atoms with E-state index in [9.17, 15) is 4.79 Å². The predicted molar refractivity (Wildman–Crippen MR) is 160 cm³/mol. The van der Waals surface area contributed by atoms with Gasteiger partial charge in [0.25, 0.3) is 5.91 Å². The summed E-state index contributed by atoms with van der Waals surface area (Å²) in [5, 5.41) is 10.5. The Morgan fingerprint density at radius 3 is 1.58 bits per heavy atom. The Balaban J connectivity index is 1.76. The first-order chi connectivity index (χ1) is 18.7. The highest BCUT2D eigenvalue weighted by Gasteiger charge is 2.50. The number of hydrogen-bond donors (Lipinski definition) is 2. The molecule has 0 aliphatic heterocycles. The summed E-state index contributed by atoms with van der Waals surface area (Å²) in [5.74, 6) is 0.433. The van der Waals surface area contributed by atoms with E-state index in [0.29, 0.717) is 16.4 Å². The summed E-state index contributed by atoms with van der Waals surface area (Å²) in [6, 6.07) is 43.9. The van der Waals surface area contributed by atoms with Crippen molar-refractivity contribution in [1.82, 2.24) is 10.3 Å². The van der Waals surface area contributed by atoms with Crippen LogP contribution in [0.3, 0.4) is 0 Å². The van der Waals surface area contributed by atoms with Gasteiger partial charge in [-0.25, -0.2) is 4.98 Å². The lowest BCUT2D eigenvalue weighted by molar-refractivity contribution is 0.0968. The standard InChI is InChI=1S/C32H25ClN3OP/c33-26-21-22-30(34-23-26)35-24-31(36-32(37)25-13-5-1-6-14-25)38(27-15-7-2-8-16-27,28-17-9-3-10-18-28)29-19-11-4-12-20-29/h1-24H,(H-,34,35,36,37)/p+1/b31-24-. The van der Waals surface area contributed by atoms with Gasteiger partial charge < -0.3 is 5.32 Å². The van der Waals surface area contributed by atoms with Crippen LogP contribution in [0.1, 0.15) is 10.4 Å². The average molecular weight is 535 g/mol. The van der Waals surface area contributed by atoms with Crippen LogP contribution in [0, 0.1) is 0 Å². The first-order valence-corrected chi connectivity index (χ1v) is 14.4. The van der Waals surface area contributed by atoms with Crippen LogP contribution in [-0.4, -0.2) is 10.9 Å². The maximum absolute atomic E-state index is 13.7. The van der Waals surface area contributed by atoms with E-state index in [2.05, 4.69) is 52.0 Å². The van der Waals surface area contributed by atoms with Gasteiger partial charge in [0.15, 0.2) is 12.7 Å². The van der Waals surface area contributed by atoms with Gasteiger partial charge in [-0.1, -0.05) is 84.4 Å². The number of carbonyl (C=O) groups excluding carboxylic acids is 1. The fraction of sp³-hybridized carbons (Fsp3) is 0. The van der Waals surface area contributed by atoms with E-state index in [1.807, 2.05) is 97.2 Å². The molecule has 4 aromatic carbocycles. The Morgan fingerprint density at radius 2 is 1.13 bits per heavy atom. The van der Waals surface area contributed by atoms with Crippen LogP contribution in [-0.2, 0) is 0 Å². The monoisotopic (exact) mass is 534 g/mol. The molecule has 0 fully saturated rings. The molecule has 0 aliphatic rings. The van der Waals surface area contributed by atoms with Crippen molar-refractivity contribution in [2.45, 2.75) is 0 Å². The van der Waals surface area contributed by atoms with Crippen molar-refractivity contribution in [2.24, 2.45) is 0 Å². The van der Waals surface area contributed by atoms with Crippen molar-refractivity contribution >= 4 is 46.5 Å². The number of pyridine rings is 1. The molecule has 4 nitrogen and oxygen atoms in total. The highest BCUT2D eigenvalue weighted by atomic mass is 35.5.